The zero-order valence-corrected chi connectivity index (χ0v) is 11.4. The minimum absolute atomic E-state index is 0.0151. The van der Waals surface area contributed by atoms with Gasteiger partial charge >= 0.3 is 0 Å². The van der Waals surface area contributed by atoms with Crippen molar-refractivity contribution in [2.24, 2.45) is 11.7 Å². The van der Waals surface area contributed by atoms with Crippen LogP contribution in [0.3, 0.4) is 0 Å². The molecule has 0 aliphatic heterocycles. The number of hydrogen-bond acceptors (Lipinski definition) is 6. The molecule has 7 nitrogen and oxygen atoms in total. The number of benzene rings is 1. The quantitative estimate of drug-likeness (QED) is 0.637. The Morgan fingerprint density at radius 2 is 2.15 bits per heavy atom. The number of aromatic nitrogens is 2. The number of fused-ring (bicyclic) bond motifs is 1. The van der Waals surface area contributed by atoms with E-state index >= 15 is 0 Å². The van der Waals surface area contributed by atoms with Crippen LogP contribution >= 0.6 is 0 Å². The van der Waals surface area contributed by atoms with E-state index in [1.54, 1.807) is 6.07 Å². The first-order valence-corrected chi connectivity index (χ1v) is 6.37. The lowest BCUT2D eigenvalue weighted by molar-refractivity contribution is -0.384. The molecule has 0 spiro atoms. The molecule has 0 aliphatic rings. The fraction of sp³-hybridized carbons (Fsp3) is 0.385. The Bertz CT molecular complexity index is 629. The number of nitro groups is 1. The van der Waals surface area contributed by atoms with Gasteiger partial charge in [-0.05, 0) is 12.0 Å². The van der Waals surface area contributed by atoms with Gasteiger partial charge < -0.3 is 11.1 Å². The van der Waals surface area contributed by atoms with Crippen LogP contribution in [0, 0.1) is 16.0 Å². The minimum atomic E-state index is -0.434. The number of nitrogens with one attached hydrogen (secondary N) is 1. The zero-order valence-electron chi connectivity index (χ0n) is 11.4. The van der Waals surface area contributed by atoms with Gasteiger partial charge in [-0.3, -0.25) is 10.1 Å². The molecule has 1 unspecified atom stereocenters. The normalized spacial score (nSPS) is 12.6. The van der Waals surface area contributed by atoms with E-state index in [0.29, 0.717) is 29.2 Å². The third-order valence-corrected chi connectivity index (χ3v) is 3.19. The highest BCUT2D eigenvalue weighted by molar-refractivity contribution is 5.90. The van der Waals surface area contributed by atoms with Crippen molar-refractivity contribution >= 4 is 22.4 Å². The fourth-order valence-corrected chi connectivity index (χ4v) is 1.75. The molecular weight excluding hydrogens is 258 g/mol. The van der Waals surface area contributed by atoms with Gasteiger partial charge in [0.15, 0.2) is 0 Å². The predicted octanol–water partition coefficient (Wildman–Crippen LogP) is 1.93. The molecule has 106 valence electrons. The van der Waals surface area contributed by atoms with Crippen molar-refractivity contribution in [2.45, 2.75) is 19.9 Å². The molecular formula is C13H17N5O2. The second-order valence-electron chi connectivity index (χ2n) is 4.97. The molecule has 1 atom stereocenters. The van der Waals surface area contributed by atoms with Crippen molar-refractivity contribution in [1.29, 1.82) is 0 Å². The molecule has 1 heterocycles. The van der Waals surface area contributed by atoms with E-state index in [2.05, 4.69) is 15.3 Å². The van der Waals surface area contributed by atoms with Gasteiger partial charge in [-0.15, -0.1) is 0 Å². The van der Waals surface area contributed by atoms with Crippen molar-refractivity contribution in [3.63, 3.8) is 0 Å². The largest absolute Gasteiger partial charge is 0.368 e. The number of rotatable bonds is 5. The first kappa shape index (κ1) is 14.1. The van der Waals surface area contributed by atoms with Crippen molar-refractivity contribution in [3.05, 3.63) is 34.6 Å². The molecule has 3 N–H and O–H groups in total. The highest BCUT2D eigenvalue weighted by Crippen LogP contribution is 2.24. The number of nitrogens with two attached hydrogens (primary N) is 1. The summed E-state index contributed by atoms with van der Waals surface area (Å²) in [6, 6.07) is 4.50. The Morgan fingerprint density at radius 1 is 1.40 bits per heavy atom. The lowest BCUT2D eigenvalue weighted by Crippen LogP contribution is -2.34. The summed E-state index contributed by atoms with van der Waals surface area (Å²) in [5.74, 6) is 0.903. The predicted molar refractivity (Wildman–Crippen MR) is 77.5 cm³/mol. The molecule has 2 aromatic rings. The first-order valence-electron chi connectivity index (χ1n) is 6.37. The summed E-state index contributed by atoms with van der Waals surface area (Å²) in [7, 11) is 0. The maximum absolute atomic E-state index is 10.8. The third kappa shape index (κ3) is 3.00. The molecule has 0 bridgehead atoms. The molecule has 0 amide bonds. The fourth-order valence-electron chi connectivity index (χ4n) is 1.75. The van der Waals surface area contributed by atoms with Crippen LogP contribution in [0.15, 0.2) is 24.5 Å². The standard InChI is InChI=1S/C13H17N5O2/c1-8(2)11(14)6-15-13-10-5-9(18(19)20)3-4-12(10)16-7-17-13/h3-5,7-8,11H,6,14H2,1-2H3,(H,15,16,17). The van der Waals surface area contributed by atoms with Crippen molar-refractivity contribution in [3.8, 4) is 0 Å². The smallest absolute Gasteiger partial charge is 0.270 e. The maximum Gasteiger partial charge on any atom is 0.270 e. The molecule has 7 heteroatoms. The van der Waals surface area contributed by atoms with Gasteiger partial charge in [-0.2, -0.15) is 0 Å². The average Bonchev–Trinajstić information content (AvgIpc) is 2.43. The highest BCUT2D eigenvalue weighted by atomic mass is 16.6. The molecule has 20 heavy (non-hydrogen) atoms. The lowest BCUT2D eigenvalue weighted by Gasteiger charge is -2.17. The van der Waals surface area contributed by atoms with Gasteiger partial charge in [0.05, 0.1) is 10.4 Å². The van der Waals surface area contributed by atoms with E-state index in [4.69, 9.17) is 5.73 Å². The molecule has 2 rings (SSSR count). The van der Waals surface area contributed by atoms with Crippen LogP contribution in [-0.4, -0.2) is 27.5 Å². The monoisotopic (exact) mass is 275 g/mol. The summed E-state index contributed by atoms with van der Waals surface area (Å²) in [5, 5.41) is 14.6. The number of anilines is 1. The van der Waals surface area contributed by atoms with Crippen molar-refractivity contribution in [1.82, 2.24) is 9.97 Å². The van der Waals surface area contributed by atoms with Crippen LogP contribution in [0.25, 0.3) is 10.9 Å². The van der Waals surface area contributed by atoms with Gasteiger partial charge in [-0.1, -0.05) is 13.8 Å². The molecule has 1 aromatic heterocycles. The maximum atomic E-state index is 10.8. The zero-order chi connectivity index (χ0) is 14.7. The van der Waals surface area contributed by atoms with E-state index in [9.17, 15) is 10.1 Å². The van der Waals surface area contributed by atoms with Crippen LogP contribution in [0.1, 0.15) is 13.8 Å². The number of hydrogen-bond donors (Lipinski definition) is 2. The van der Waals surface area contributed by atoms with E-state index in [1.807, 2.05) is 13.8 Å². The third-order valence-electron chi connectivity index (χ3n) is 3.19. The Labute approximate surface area is 116 Å². The average molecular weight is 275 g/mol. The number of nitrogens with zero attached hydrogens (tertiary/aromatic N) is 3. The molecule has 0 radical (unpaired) electrons. The van der Waals surface area contributed by atoms with Crippen LogP contribution in [0.4, 0.5) is 11.5 Å². The molecule has 0 fully saturated rings. The van der Waals surface area contributed by atoms with Crippen LogP contribution in [-0.2, 0) is 0 Å². The van der Waals surface area contributed by atoms with Gasteiger partial charge in [0, 0.05) is 30.1 Å². The van der Waals surface area contributed by atoms with Crippen LogP contribution in [0.2, 0.25) is 0 Å². The van der Waals surface area contributed by atoms with Gasteiger partial charge in [0.25, 0.3) is 5.69 Å². The molecule has 0 aliphatic carbocycles. The van der Waals surface area contributed by atoms with E-state index in [0.717, 1.165) is 0 Å². The second kappa shape index (κ2) is 5.79. The van der Waals surface area contributed by atoms with Crippen molar-refractivity contribution < 1.29 is 4.92 Å². The summed E-state index contributed by atoms with van der Waals surface area (Å²) >= 11 is 0. The Morgan fingerprint density at radius 3 is 2.80 bits per heavy atom. The van der Waals surface area contributed by atoms with E-state index in [1.165, 1.54) is 18.5 Å². The topological polar surface area (TPSA) is 107 Å². The molecule has 0 saturated heterocycles. The Balaban J connectivity index is 2.32. The Kier molecular flexibility index (Phi) is 4.09. The van der Waals surface area contributed by atoms with Gasteiger partial charge in [0.1, 0.15) is 12.1 Å². The number of nitro benzene ring substituents is 1. The summed E-state index contributed by atoms with van der Waals surface area (Å²) in [4.78, 5) is 18.6. The SMILES string of the molecule is CC(C)C(N)CNc1ncnc2ccc([N+](=O)[O-])cc12. The summed E-state index contributed by atoms with van der Waals surface area (Å²) in [5.41, 5.74) is 6.65. The summed E-state index contributed by atoms with van der Waals surface area (Å²) in [6.07, 6.45) is 1.43. The highest BCUT2D eigenvalue weighted by Gasteiger charge is 2.12. The lowest BCUT2D eigenvalue weighted by atomic mass is 10.1. The van der Waals surface area contributed by atoms with Gasteiger partial charge in [-0.25, -0.2) is 9.97 Å². The van der Waals surface area contributed by atoms with Crippen molar-refractivity contribution in [2.75, 3.05) is 11.9 Å². The minimum Gasteiger partial charge on any atom is -0.368 e. The summed E-state index contributed by atoms with van der Waals surface area (Å²) < 4.78 is 0. The van der Waals surface area contributed by atoms with E-state index < -0.39 is 4.92 Å². The van der Waals surface area contributed by atoms with Crippen LogP contribution < -0.4 is 11.1 Å². The first-order chi connectivity index (χ1) is 9.49. The van der Waals surface area contributed by atoms with E-state index in [-0.39, 0.29) is 11.7 Å². The molecule has 0 saturated carbocycles. The van der Waals surface area contributed by atoms with Gasteiger partial charge in [0.2, 0.25) is 0 Å². The Hall–Kier alpha value is -2.28. The second-order valence-corrected chi connectivity index (χ2v) is 4.97. The number of non-ortho nitro benzene ring substituents is 1. The molecule has 1 aromatic carbocycles. The summed E-state index contributed by atoms with van der Waals surface area (Å²) in [6.45, 7) is 4.62. The van der Waals surface area contributed by atoms with Crippen LogP contribution in [0.5, 0.6) is 0 Å².